The van der Waals surface area contributed by atoms with E-state index in [1.807, 2.05) is 18.2 Å². The number of aliphatic hydroxyl groups excluding tert-OH is 1. The summed E-state index contributed by atoms with van der Waals surface area (Å²) in [6.45, 7) is 3.18. The fraction of sp³-hybridized carbons (Fsp3) is 0.438. The number of pyridine rings is 1. The van der Waals surface area contributed by atoms with Crippen molar-refractivity contribution in [3.63, 3.8) is 0 Å². The molecule has 0 fully saturated rings. The van der Waals surface area contributed by atoms with Gasteiger partial charge in [-0.1, -0.05) is 25.1 Å². The molecule has 0 amide bonds. The van der Waals surface area contributed by atoms with Gasteiger partial charge in [-0.3, -0.25) is 4.98 Å². The molecule has 4 nitrogen and oxygen atoms in total. The molecule has 0 aliphatic carbocycles. The van der Waals surface area contributed by atoms with Crippen LogP contribution in [0.5, 0.6) is 0 Å². The van der Waals surface area contributed by atoms with E-state index in [1.165, 1.54) is 0 Å². The maximum Gasteiger partial charge on any atom is 0.0790 e. The predicted molar refractivity (Wildman–Crippen MR) is 82.1 cm³/mol. The van der Waals surface area contributed by atoms with Crippen LogP contribution < -0.4 is 5.32 Å². The fourth-order valence-corrected chi connectivity index (χ4v) is 2.21. The SMILES string of the molecule is CCc1cc(NCCC(O)COC)c2ccccc2n1. The summed E-state index contributed by atoms with van der Waals surface area (Å²) in [6.07, 6.45) is 1.14. The minimum atomic E-state index is -0.425. The number of aliphatic hydroxyl groups is 1. The van der Waals surface area contributed by atoms with E-state index >= 15 is 0 Å². The van der Waals surface area contributed by atoms with Gasteiger partial charge in [0.25, 0.3) is 0 Å². The maximum atomic E-state index is 9.66. The number of aryl methyl sites for hydroxylation is 1. The van der Waals surface area contributed by atoms with Gasteiger partial charge in [0.15, 0.2) is 0 Å². The molecular formula is C16H22N2O2. The minimum Gasteiger partial charge on any atom is -0.391 e. The van der Waals surface area contributed by atoms with E-state index < -0.39 is 6.10 Å². The summed E-state index contributed by atoms with van der Waals surface area (Å²) in [7, 11) is 1.60. The number of nitrogens with one attached hydrogen (secondary N) is 1. The Hall–Kier alpha value is -1.65. The van der Waals surface area contributed by atoms with E-state index in [-0.39, 0.29) is 0 Å². The highest BCUT2D eigenvalue weighted by molar-refractivity contribution is 5.91. The summed E-state index contributed by atoms with van der Waals surface area (Å²) in [6, 6.07) is 10.2. The molecule has 4 heteroatoms. The molecule has 0 saturated heterocycles. The van der Waals surface area contributed by atoms with Crippen LogP contribution in [0.1, 0.15) is 19.0 Å². The molecule has 1 unspecified atom stereocenters. The number of aromatic nitrogens is 1. The zero-order valence-electron chi connectivity index (χ0n) is 12.1. The average Bonchev–Trinajstić information content (AvgIpc) is 2.47. The van der Waals surface area contributed by atoms with Crippen LogP contribution in [-0.4, -0.2) is 36.5 Å². The van der Waals surface area contributed by atoms with Gasteiger partial charge in [-0.25, -0.2) is 0 Å². The molecule has 1 aromatic carbocycles. The van der Waals surface area contributed by atoms with Crippen molar-refractivity contribution in [2.24, 2.45) is 0 Å². The van der Waals surface area contributed by atoms with Crippen LogP contribution in [-0.2, 0) is 11.2 Å². The topological polar surface area (TPSA) is 54.4 Å². The van der Waals surface area contributed by atoms with Gasteiger partial charge < -0.3 is 15.2 Å². The number of rotatable bonds is 7. The predicted octanol–water partition coefficient (Wildman–Crippen LogP) is 2.61. The summed E-state index contributed by atoms with van der Waals surface area (Å²) in [5.74, 6) is 0. The Kier molecular flexibility index (Phi) is 5.32. The van der Waals surface area contributed by atoms with Gasteiger partial charge in [0.2, 0.25) is 0 Å². The van der Waals surface area contributed by atoms with Crippen molar-refractivity contribution in [1.82, 2.24) is 4.98 Å². The Morgan fingerprint density at radius 2 is 2.15 bits per heavy atom. The first kappa shape index (κ1) is 14.8. The van der Waals surface area contributed by atoms with E-state index in [0.29, 0.717) is 19.6 Å². The Morgan fingerprint density at radius 3 is 2.90 bits per heavy atom. The highest BCUT2D eigenvalue weighted by atomic mass is 16.5. The summed E-state index contributed by atoms with van der Waals surface area (Å²) < 4.78 is 4.93. The van der Waals surface area contributed by atoms with E-state index in [4.69, 9.17) is 4.74 Å². The third-order valence-electron chi connectivity index (χ3n) is 3.28. The Morgan fingerprint density at radius 1 is 1.35 bits per heavy atom. The van der Waals surface area contributed by atoms with Crippen molar-refractivity contribution in [3.8, 4) is 0 Å². The van der Waals surface area contributed by atoms with E-state index in [9.17, 15) is 5.11 Å². The standard InChI is InChI=1S/C16H22N2O2/c1-3-12-10-16(17-9-8-13(19)11-20-2)14-6-4-5-7-15(14)18-12/h4-7,10,13,19H,3,8-9,11H2,1-2H3,(H,17,18). The van der Waals surface area contributed by atoms with E-state index in [2.05, 4.69) is 29.4 Å². The van der Waals surface area contributed by atoms with Crippen LogP contribution in [0.4, 0.5) is 5.69 Å². The summed E-state index contributed by atoms with van der Waals surface area (Å²) in [5, 5.41) is 14.2. The van der Waals surface area contributed by atoms with Crippen LogP contribution in [0.15, 0.2) is 30.3 Å². The molecule has 0 aliphatic rings. The highest BCUT2D eigenvalue weighted by Gasteiger charge is 2.06. The number of fused-ring (bicyclic) bond motifs is 1. The molecule has 2 N–H and O–H groups in total. The normalized spacial score (nSPS) is 12.6. The van der Waals surface area contributed by atoms with Crippen molar-refractivity contribution in [2.45, 2.75) is 25.9 Å². The van der Waals surface area contributed by atoms with Gasteiger partial charge in [0.1, 0.15) is 0 Å². The number of ether oxygens (including phenoxy) is 1. The second-order valence-electron chi connectivity index (χ2n) is 4.86. The van der Waals surface area contributed by atoms with Crippen LogP contribution in [0.3, 0.4) is 0 Å². The Bertz CT molecular complexity index is 557. The van der Waals surface area contributed by atoms with Crippen molar-refractivity contribution >= 4 is 16.6 Å². The van der Waals surface area contributed by atoms with Gasteiger partial charge in [0.05, 0.1) is 18.2 Å². The largest absolute Gasteiger partial charge is 0.391 e. The van der Waals surface area contributed by atoms with Gasteiger partial charge in [-0.15, -0.1) is 0 Å². The molecule has 1 aromatic heterocycles. The fourth-order valence-electron chi connectivity index (χ4n) is 2.21. The lowest BCUT2D eigenvalue weighted by Gasteiger charge is -2.13. The number of hydrogen-bond donors (Lipinski definition) is 2. The molecule has 0 aliphatic heterocycles. The Labute approximate surface area is 119 Å². The monoisotopic (exact) mass is 274 g/mol. The van der Waals surface area contributed by atoms with Gasteiger partial charge in [-0.05, 0) is 25.0 Å². The molecule has 0 radical (unpaired) electrons. The Balaban J connectivity index is 2.12. The third kappa shape index (κ3) is 3.68. The lowest BCUT2D eigenvalue weighted by molar-refractivity contribution is 0.0615. The van der Waals surface area contributed by atoms with Crippen LogP contribution in [0, 0.1) is 0 Å². The molecule has 2 rings (SSSR count). The summed E-state index contributed by atoms with van der Waals surface area (Å²) in [5.41, 5.74) is 3.16. The zero-order valence-corrected chi connectivity index (χ0v) is 12.1. The summed E-state index contributed by atoms with van der Waals surface area (Å²) >= 11 is 0. The van der Waals surface area contributed by atoms with Crippen LogP contribution >= 0.6 is 0 Å². The minimum absolute atomic E-state index is 0.374. The first-order valence-electron chi connectivity index (χ1n) is 7.04. The maximum absolute atomic E-state index is 9.66. The first-order valence-corrected chi connectivity index (χ1v) is 7.04. The lowest BCUT2D eigenvalue weighted by Crippen LogP contribution is -2.18. The second-order valence-corrected chi connectivity index (χ2v) is 4.86. The van der Waals surface area contributed by atoms with Gasteiger partial charge in [0, 0.05) is 30.4 Å². The zero-order chi connectivity index (χ0) is 14.4. The van der Waals surface area contributed by atoms with E-state index in [1.54, 1.807) is 7.11 Å². The van der Waals surface area contributed by atoms with Gasteiger partial charge >= 0.3 is 0 Å². The first-order chi connectivity index (χ1) is 9.74. The van der Waals surface area contributed by atoms with E-state index in [0.717, 1.165) is 28.7 Å². The molecule has 20 heavy (non-hydrogen) atoms. The third-order valence-corrected chi connectivity index (χ3v) is 3.28. The molecule has 0 saturated carbocycles. The molecule has 108 valence electrons. The molecule has 0 spiro atoms. The number of hydrogen-bond acceptors (Lipinski definition) is 4. The van der Waals surface area contributed by atoms with Crippen molar-refractivity contribution in [3.05, 3.63) is 36.0 Å². The van der Waals surface area contributed by atoms with Crippen molar-refractivity contribution in [1.29, 1.82) is 0 Å². The highest BCUT2D eigenvalue weighted by Crippen LogP contribution is 2.23. The number of anilines is 1. The van der Waals surface area contributed by atoms with Crippen molar-refractivity contribution < 1.29 is 9.84 Å². The number of benzene rings is 1. The molecule has 1 heterocycles. The molecule has 0 bridgehead atoms. The molecule has 2 aromatic rings. The summed E-state index contributed by atoms with van der Waals surface area (Å²) in [4.78, 5) is 4.62. The number of nitrogens with zero attached hydrogens (tertiary/aromatic N) is 1. The number of para-hydroxylation sites is 1. The van der Waals surface area contributed by atoms with Crippen molar-refractivity contribution in [2.75, 3.05) is 25.6 Å². The smallest absolute Gasteiger partial charge is 0.0790 e. The quantitative estimate of drug-likeness (QED) is 0.815. The lowest BCUT2D eigenvalue weighted by atomic mass is 10.1. The van der Waals surface area contributed by atoms with Crippen LogP contribution in [0.2, 0.25) is 0 Å². The van der Waals surface area contributed by atoms with Gasteiger partial charge in [-0.2, -0.15) is 0 Å². The number of methoxy groups -OCH3 is 1. The molecule has 1 atom stereocenters. The van der Waals surface area contributed by atoms with Crippen LogP contribution in [0.25, 0.3) is 10.9 Å². The molecular weight excluding hydrogens is 252 g/mol. The average molecular weight is 274 g/mol. The second kappa shape index (κ2) is 7.22.